The number of esters is 1. The molecule has 1 saturated heterocycles. The van der Waals surface area contributed by atoms with E-state index >= 15 is 0 Å². The van der Waals surface area contributed by atoms with Crippen LogP contribution in [0.4, 0.5) is 4.79 Å². The van der Waals surface area contributed by atoms with Crippen molar-refractivity contribution in [2.45, 2.75) is 43.9 Å². The number of ether oxygens (including phenoxy) is 2. The summed E-state index contributed by atoms with van der Waals surface area (Å²) in [6.45, 7) is 4.81. The summed E-state index contributed by atoms with van der Waals surface area (Å²) in [5, 5.41) is 12.0. The lowest BCUT2D eigenvalue weighted by Crippen LogP contribution is -2.70. The zero-order valence-corrected chi connectivity index (χ0v) is 20.6. The van der Waals surface area contributed by atoms with Gasteiger partial charge in [0, 0.05) is 5.75 Å². The number of nitrogens with one attached hydrogen (secondary N) is 1. The molecule has 0 aromatic heterocycles. The molecule has 2 aliphatic rings. The number of aliphatic hydroxyl groups excluding tert-OH is 1. The molecule has 0 spiro atoms. The number of benzene rings is 2. The van der Waals surface area contributed by atoms with Crippen molar-refractivity contribution in [2.75, 3.05) is 12.4 Å². The van der Waals surface area contributed by atoms with Crippen LogP contribution in [0.1, 0.15) is 38.0 Å². The minimum atomic E-state index is -0.836. The van der Waals surface area contributed by atoms with E-state index in [0.29, 0.717) is 11.3 Å². The number of carbonyl (C=O) groups excluding carboxylic acids is 3. The summed E-state index contributed by atoms with van der Waals surface area (Å²) in [4.78, 5) is 40.0. The molecular weight excluding hydrogens is 468 g/mol. The maximum atomic E-state index is 13.5. The molecule has 2 aliphatic heterocycles. The van der Waals surface area contributed by atoms with Crippen LogP contribution in [-0.4, -0.2) is 57.4 Å². The number of fused-ring (bicyclic) bond motifs is 1. The summed E-state index contributed by atoms with van der Waals surface area (Å²) in [6, 6.07) is 17.8. The van der Waals surface area contributed by atoms with Crippen LogP contribution in [0.2, 0.25) is 0 Å². The first-order chi connectivity index (χ1) is 16.7. The fourth-order valence-electron chi connectivity index (χ4n) is 3.97. The Kier molecular flexibility index (Phi) is 7.18. The maximum Gasteiger partial charge on any atom is 0.408 e. The first-order valence-electron chi connectivity index (χ1n) is 11.3. The fraction of sp³-hybridized carbons (Fsp3) is 0.346. The molecule has 2 heterocycles. The van der Waals surface area contributed by atoms with Crippen LogP contribution in [0.3, 0.4) is 0 Å². The number of rotatable bonds is 6. The predicted molar refractivity (Wildman–Crippen MR) is 131 cm³/mol. The highest BCUT2D eigenvalue weighted by Crippen LogP contribution is 2.41. The summed E-state index contributed by atoms with van der Waals surface area (Å²) in [7, 11) is 0. The third-order valence-corrected chi connectivity index (χ3v) is 6.87. The predicted octanol–water partition coefficient (Wildman–Crippen LogP) is 3.37. The number of alkyl carbamates (subject to hydrolysis) is 1. The first kappa shape index (κ1) is 24.8. The third-order valence-electron chi connectivity index (χ3n) is 5.53. The van der Waals surface area contributed by atoms with E-state index in [1.165, 1.54) is 16.7 Å². The van der Waals surface area contributed by atoms with E-state index < -0.39 is 41.1 Å². The molecule has 0 radical (unpaired) electrons. The number of hydrogen-bond acceptors (Lipinski definition) is 7. The van der Waals surface area contributed by atoms with Crippen LogP contribution in [0, 0.1) is 0 Å². The highest BCUT2D eigenvalue weighted by Gasteiger charge is 2.55. The average molecular weight is 497 g/mol. The molecule has 35 heavy (non-hydrogen) atoms. The minimum Gasteiger partial charge on any atom is -0.448 e. The van der Waals surface area contributed by atoms with Crippen LogP contribution in [-0.2, 0) is 19.1 Å². The zero-order valence-electron chi connectivity index (χ0n) is 19.8. The van der Waals surface area contributed by atoms with E-state index in [-0.39, 0.29) is 12.3 Å². The first-order valence-corrected chi connectivity index (χ1v) is 12.3. The van der Waals surface area contributed by atoms with Gasteiger partial charge in [0.25, 0.3) is 5.91 Å². The summed E-state index contributed by atoms with van der Waals surface area (Å²) >= 11 is 1.36. The Hall–Kier alpha value is -3.30. The van der Waals surface area contributed by atoms with Crippen LogP contribution < -0.4 is 5.32 Å². The van der Waals surface area contributed by atoms with E-state index in [2.05, 4.69) is 5.32 Å². The van der Waals surface area contributed by atoms with Crippen molar-refractivity contribution >= 4 is 29.7 Å². The monoisotopic (exact) mass is 496 g/mol. The highest BCUT2D eigenvalue weighted by atomic mass is 32.2. The summed E-state index contributed by atoms with van der Waals surface area (Å²) in [5.41, 5.74) is 1.28. The smallest absolute Gasteiger partial charge is 0.408 e. The molecule has 0 unspecified atom stereocenters. The van der Waals surface area contributed by atoms with Crippen LogP contribution >= 0.6 is 11.8 Å². The number of β-lactam (4-membered cyclic amide) rings is 1. The Balaban J connectivity index is 1.57. The molecule has 2 atom stereocenters. The van der Waals surface area contributed by atoms with Crippen molar-refractivity contribution in [1.82, 2.24) is 10.2 Å². The van der Waals surface area contributed by atoms with Crippen LogP contribution in [0.15, 0.2) is 71.9 Å². The van der Waals surface area contributed by atoms with Gasteiger partial charge in [-0.2, -0.15) is 0 Å². The molecule has 9 heteroatoms. The highest BCUT2D eigenvalue weighted by molar-refractivity contribution is 8.00. The van der Waals surface area contributed by atoms with Gasteiger partial charge in [0.05, 0.1) is 6.61 Å². The number of hydrogen-bond donors (Lipinski definition) is 2. The maximum absolute atomic E-state index is 13.5. The Bertz CT molecular complexity index is 1090. The topological polar surface area (TPSA) is 105 Å². The number of aliphatic hydroxyl groups is 1. The lowest BCUT2D eigenvalue weighted by Gasteiger charge is -2.49. The number of carbonyl (C=O) groups is 3. The van der Waals surface area contributed by atoms with Crippen molar-refractivity contribution in [3.63, 3.8) is 0 Å². The van der Waals surface area contributed by atoms with E-state index in [9.17, 15) is 19.5 Å². The SMILES string of the molecule is CC(C)(C)OC(=O)N[C@H]1C(=O)N2C(C(=O)OC(c3ccccc3)c3ccccc3)=C(CO)CS[C@@H]12. The third kappa shape index (κ3) is 5.36. The number of amides is 2. The normalized spacial score (nSPS) is 19.7. The summed E-state index contributed by atoms with van der Waals surface area (Å²) in [6.07, 6.45) is -1.40. The van der Waals surface area contributed by atoms with Gasteiger partial charge < -0.3 is 19.9 Å². The Labute approximate surface area is 208 Å². The molecular formula is C26H28N2O6S. The molecule has 2 N–H and O–H groups in total. The van der Waals surface area contributed by atoms with Gasteiger partial charge in [0.2, 0.25) is 0 Å². The van der Waals surface area contributed by atoms with Crippen molar-refractivity contribution in [3.8, 4) is 0 Å². The average Bonchev–Trinajstić information content (AvgIpc) is 2.84. The summed E-state index contributed by atoms with van der Waals surface area (Å²) in [5.74, 6) is -0.841. The molecule has 2 aromatic carbocycles. The van der Waals surface area contributed by atoms with Gasteiger partial charge in [-0.1, -0.05) is 60.7 Å². The lowest BCUT2D eigenvalue weighted by molar-refractivity contribution is -0.153. The Morgan fingerprint density at radius 1 is 1.09 bits per heavy atom. The molecule has 184 valence electrons. The molecule has 0 bridgehead atoms. The molecule has 2 amide bonds. The largest absolute Gasteiger partial charge is 0.448 e. The Morgan fingerprint density at radius 3 is 2.17 bits per heavy atom. The van der Waals surface area contributed by atoms with Crippen molar-refractivity contribution in [3.05, 3.63) is 83.1 Å². The van der Waals surface area contributed by atoms with Gasteiger partial charge >= 0.3 is 12.1 Å². The van der Waals surface area contributed by atoms with E-state index in [1.807, 2.05) is 60.7 Å². The standard InChI is InChI=1S/C26H28N2O6S/c1-26(2,3)34-25(32)27-19-22(30)28-20(18(14-29)15-35-23(19)28)24(31)33-21(16-10-6-4-7-11-16)17-12-8-5-9-13-17/h4-13,19,21,23,29H,14-15H2,1-3H3,(H,27,32)/t19-,23-/m0/s1. The molecule has 0 saturated carbocycles. The number of thioether (sulfide) groups is 1. The molecule has 4 rings (SSSR count). The van der Waals surface area contributed by atoms with Crippen molar-refractivity contribution in [1.29, 1.82) is 0 Å². The van der Waals surface area contributed by atoms with Crippen molar-refractivity contribution in [2.24, 2.45) is 0 Å². The van der Waals surface area contributed by atoms with Gasteiger partial charge in [-0.25, -0.2) is 9.59 Å². The fourth-order valence-corrected chi connectivity index (χ4v) is 5.31. The van der Waals surface area contributed by atoms with Gasteiger partial charge in [-0.15, -0.1) is 11.8 Å². The molecule has 1 fully saturated rings. The minimum absolute atomic E-state index is 0.0281. The zero-order chi connectivity index (χ0) is 25.2. The van der Waals surface area contributed by atoms with E-state index in [1.54, 1.807) is 20.8 Å². The number of nitrogens with zero attached hydrogens (tertiary/aromatic N) is 1. The van der Waals surface area contributed by atoms with Gasteiger partial charge in [-0.05, 0) is 37.5 Å². The van der Waals surface area contributed by atoms with E-state index in [4.69, 9.17) is 9.47 Å². The second-order valence-corrected chi connectivity index (χ2v) is 10.4. The van der Waals surface area contributed by atoms with Crippen molar-refractivity contribution < 1.29 is 29.0 Å². The molecule has 8 nitrogen and oxygen atoms in total. The molecule has 2 aromatic rings. The van der Waals surface area contributed by atoms with Gasteiger partial charge in [-0.3, -0.25) is 9.69 Å². The van der Waals surface area contributed by atoms with Crippen LogP contribution in [0.25, 0.3) is 0 Å². The van der Waals surface area contributed by atoms with Gasteiger partial charge in [0.15, 0.2) is 6.10 Å². The van der Waals surface area contributed by atoms with E-state index in [0.717, 1.165) is 11.1 Å². The second-order valence-electron chi connectivity index (χ2n) is 9.25. The van der Waals surface area contributed by atoms with Crippen LogP contribution in [0.5, 0.6) is 0 Å². The Morgan fingerprint density at radius 2 is 1.66 bits per heavy atom. The molecule has 0 aliphatic carbocycles. The second kappa shape index (κ2) is 10.1. The quantitative estimate of drug-likeness (QED) is 0.467. The lowest BCUT2D eigenvalue weighted by atomic mass is 10.0. The summed E-state index contributed by atoms with van der Waals surface area (Å²) < 4.78 is 11.2. The van der Waals surface area contributed by atoms with Gasteiger partial charge in [0.1, 0.15) is 22.7 Å².